The van der Waals surface area contributed by atoms with Crippen LogP contribution in [0.1, 0.15) is 15.9 Å². The van der Waals surface area contributed by atoms with Crippen molar-refractivity contribution in [3.8, 4) is 0 Å². The first-order valence-electron chi connectivity index (χ1n) is 5.88. The smallest absolute Gasteiger partial charge is 0.252 e. The first-order valence-corrected chi connectivity index (χ1v) is 8.36. The lowest BCUT2D eigenvalue weighted by atomic mass is 10.2. The summed E-state index contributed by atoms with van der Waals surface area (Å²) >= 11 is 9.16. The molecule has 2 aromatic rings. The Labute approximate surface area is 126 Å². The first-order chi connectivity index (χ1) is 9.25. The van der Waals surface area contributed by atoms with Crippen LogP contribution >= 0.6 is 34.7 Å². The molecule has 5 heteroatoms. The number of carbonyl (C=O) groups is 1. The lowest BCUT2D eigenvalue weighted by Gasteiger charge is -2.04. The zero-order valence-corrected chi connectivity index (χ0v) is 12.7. The highest BCUT2D eigenvalue weighted by Crippen LogP contribution is 2.15. The number of rotatable bonds is 6. The molecular formula is C14H14ClNOS2. The average Bonchev–Trinajstić information content (AvgIpc) is 2.94. The maximum atomic E-state index is 11.6. The Morgan fingerprint density at radius 2 is 2.05 bits per heavy atom. The molecule has 0 bridgehead atoms. The summed E-state index contributed by atoms with van der Waals surface area (Å²) in [5.41, 5.74) is 1.99. The molecule has 100 valence electrons. The van der Waals surface area contributed by atoms with Gasteiger partial charge in [-0.05, 0) is 29.1 Å². The van der Waals surface area contributed by atoms with Crippen LogP contribution in [0.2, 0.25) is 5.02 Å². The SMILES string of the molecule is O=C(NCCSCc1ccc(Cl)cc1)c1ccsc1. The average molecular weight is 312 g/mol. The normalized spacial score (nSPS) is 10.4. The predicted molar refractivity (Wildman–Crippen MR) is 84.3 cm³/mol. The number of thiophene rings is 1. The van der Waals surface area contributed by atoms with Gasteiger partial charge in [0.15, 0.2) is 0 Å². The van der Waals surface area contributed by atoms with Gasteiger partial charge in [0.25, 0.3) is 5.91 Å². The molecule has 0 fully saturated rings. The number of thioether (sulfide) groups is 1. The van der Waals surface area contributed by atoms with Gasteiger partial charge in [0.05, 0.1) is 0 Å². The van der Waals surface area contributed by atoms with Gasteiger partial charge in [-0.3, -0.25) is 4.79 Å². The number of carbonyl (C=O) groups excluding carboxylic acids is 1. The van der Waals surface area contributed by atoms with Crippen molar-refractivity contribution in [1.29, 1.82) is 0 Å². The summed E-state index contributed by atoms with van der Waals surface area (Å²) in [6.07, 6.45) is 0. The topological polar surface area (TPSA) is 29.1 Å². The summed E-state index contributed by atoms with van der Waals surface area (Å²) in [5, 5.41) is 7.43. The number of hydrogen-bond donors (Lipinski definition) is 1. The van der Waals surface area contributed by atoms with Crippen LogP contribution in [-0.4, -0.2) is 18.2 Å². The molecule has 0 unspecified atom stereocenters. The third-order valence-electron chi connectivity index (χ3n) is 2.50. The zero-order chi connectivity index (χ0) is 13.5. The highest BCUT2D eigenvalue weighted by molar-refractivity contribution is 7.98. The lowest BCUT2D eigenvalue weighted by Crippen LogP contribution is -2.25. The van der Waals surface area contributed by atoms with Crippen LogP contribution < -0.4 is 5.32 Å². The molecule has 1 aromatic heterocycles. The minimum Gasteiger partial charge on any atom is -0.351 e. The van der Waals surface area contributed by atoms with E-state index in [1.807, 2.05) is 41.1 Å². The molecule has 1 N–H and O–H groups in total. The number of hydrogen-bond acceptors (Lipinski definition) is 3. The van der Waals surface area contributed by atoms with E-state index in [1.165, 1.54) is 16.9 Å². The number of halogens is 1. The van der Waals surface area contributed by atoms with Gasteiger partial charge in [-0.25, -0.2) is 0 Å². The second-order valence-corrected chi connectivity index (χ2v) is 6.27. The molecule has 1 heterocycles. The third-order valence-corrected chi connectivity index (χ3v) is 4.46. The van der Waals surface area contributed by atoms with E-state index in [2.05, 4.69) is 5.32 Å². The molecule has 0 aliphatic heterocycles. The Bertz CT molecular complexity index is 511. The predicted octanol–water partition coefficient (Wildman–Crippen LogP) is 4.06. The van der Waals surface area contributed by atoms with Gasteiger partial charge < -0.3 is 5.32 Å². The van der Waals surface area contributed by atoms with Crippen molar-refractivity contribution in [2.75, 3.05) is 12.3 Å². The fourth-order valence-electron chi connectivity index (χ4n) is 1.50. The van der Waals surface area contributed by atoms with Crippen LogP contribution in [0.4, 0.5) is 0 Å². The maximum absolute atomic E-state index is 11.6. The van der Waals surface area contributed by atoms with Crippen LogP contribution in [0.15, 0.2) is 41.1 Å². The first kappa shape index (κ1) is 14.4. The van der Waals surface area contributed by atoms with Crippen molar-refractivity contribution >= 4 is 40.6 Å². The number of nitrogens with one attached hydrogen (secondary N) is 1. The highest BCUT2D eigenvalue weighted by Gasteiger charge is 2.03. The van der Waals surface area contributed by atoms with E-state index >= 15 is 0 Å². The van der Waals surface area contributed by atoms with Crippen LogP contribution in [0.3, 0.4) is 0 Å². The van der Waals surface area contributed by atoms with Gasteiger partial charge in [-0.1, -0.05) is 23.7 Å². The van der Waals surface area contributed by atoms with E-state index in [0.717, 1.165) is 22.1 Å². The Kier molecular flexibility index (Phi) is 5.76. The lowest BCUT2D eigenvalue weighted by molar-refractivity contribution is 0.0956. The minimum atomic E-state index is 0.00772. The number of amides is 1. The quantitative estimate of drug-likeness (QED) is 0.815. The maximum Gasteiger partial charge on any atom is 0.252 e. The van der Waals surface area contributed by atoms with Crippen molar-refractivity contribution in [2.24, 2.45) is 0 Å². The molecule has 19 heavy (non-hydrogen) atoms. The van der Waals surface area contributed by atoms with Crippen molar-refractivity contribution in [1.82, 2.24) is 5.32 Å². The van der Waals surface area contributed by atoms with E-state index in [1.54, 1.807) is 11.8 Å². The van der Waals surface area contributed by atoms with E-state index in [4.69, 9.17) is 11.6 Å². The molecule has 1 aromatic carbocycles. The van der Waals surface area contributed by atoms with Gasteiger partial charge in [0.1, 0.15) is 0 Å². The van der Waals surface area contributed by atoms with Crippen molar-refractivity contribution in [3.05, 3.63) is 57.2 Å². The zero-order valence-electron chi connectivity index (χ0n) is 10.3. The van der Waals surface area contributed by atoms with E-state index in [0.29, 0.717) is 6.54 Å². The molecule has 0 saturated carbocycles. The van der Waals surface area contributed by atoms with E-state index in [-0.39, 0.29) is 5.91 Å². The number of benzene rings is 1. The molecule has 0 spiro atoms. The summed E-state index contributed by atoms with van der Waals surface area (Å²) in [5.74, 6) is 1.85. The van der Waals surface area contributed by atoms with Crippen LogP contribution in [0, 0.1) is 0 Å². The summed E-state index contributed by atoms with van der Waals surface area (Å²) in [6.45, 7) is 0.687. The van der Waals surface area contributed by atoms with Gasteiger partial charge in [0.2, 0.25) is 0 Å². The second-order valence-electron chi connectivity index (χ2n) is 3.95. The summed E-state index contributed by atoms with van der Waals surface area (Å²) in [6, 6.07) is 9.69. The van der Waals surface area contributed by atoms with E-state index in [9.17, 15) is 4.79 Å². The molecule has 0 radical (unpaired) electrons. The Hall–Kier alpha value is -0.970. The molecule has 0 atom stereocenters. The van der Waals surface area contributed by atoms with E-state index < -0.39 is 0 Å². The summed E-state index contributed by atoms with van der Waals surface area (Å²) in [7, 11) is 0. The Morgan fingerprint density at radius 1 is 1.26 bits per heavy atom. The Morgan fingerprint density at radius 3 is 2.74 bits per heavy atom. The third kappa shape index (κ3) is 4.90. The van der Waals surface area contributed by atoms with Crippen molar-refractivity contribution < 1.29 is 4.79 Å². The highest BCUT2D eigenvalue weighted by atomic mass is 35.5. The van der Waals surface area contributed by atoms with Crippen molar-refractivity contribution in [3.63, 3.8) is 0 Å². The van der Waals surface area contributed by atoms with Crippen LogP contribution in [0.5, 0.6) is 0 Å². The minimum absolute atomic E-state index is 0.00772. The van der Waals surface area contributed by atoms with Gasteiger partial charge in [0, 0.05) is 34.0 Å². The molecular weight excluding hydrogens is 298 g/mol. The standard InChI is InChI=1S/C14H14ClNOS2/c15-13-3-1-11(2-4-13)9-19-8-6-16-14(17)12-5-7-18-10-12/h1-5,7,10H,6,8-9H2,(H,16,17). The van der Waals surface area contributed by atoms with Gasteiger partial charge in [-0.2, -0.15) is 23.1 Å². The fourth-order valence-corrected chi connectivity index (χ4v) is 3.08. The van der Waals surface area contributed by atoms with Gasteiger partial charge >= 0.3 is 0 Å². The molecule has 2 nitrogen and oxygen atoms in total. The second kappa shape index (κ2) is 7.58. The molecule has 1 amide bonds. The van der Waals surface area contributed by atoms with Crippen molar-refractivity contribution in [2.45, 2.75) is 5.75 Å². The molecule has 2 rings (SSSR count). The fraction of sp³-hybridized carbons (Fsp3) is 0.214. The Balaban J connectivity index is 1.62. The van der Waals surface area contributed by atoms with Gasteiger partial charge in [-0.15, -0.1) is 0 Å². The van der Waals surface area contributed by atoms with Crippen LogP contribution in [0.25, 0.3) is 0 Å². The summed E-state index contributed by atoms with van der Waals surface area (Å²) < 4.78 is 0. The summed E-state index contributed by atoms with van der Waals surface area (Å²) in [4.78, 5) is 11.6. The molecule has 0 saturated heterocycles. The molecule has 0 aliphatic rings. The van der Waals surface area contributed by atoms with Crippen LogP contribution in [-0.2, 0) is 5.75 Å². The molecule has 0 aliphatic carbocycles. The largest absolute Gasteiger partial charge is 0.351 e. The monoisotopic (exact) mass is 311 g/mol.